The molecule has 0 aromatic heterocycles. The molecular weight excluding hydrogens is 264 g/mol. The smallest absolute Gasteiger partial charge is 0.341 e. The maximum atomic E-state index is 11.9. The molecule has 0 atom stereocenters. The van der Waals surface area contributed by atoms with Gasteiger partial charge in [-0.2, -0.15) is 0 Å². The fraction of sp³-hybridized carbons (Fsp3) is 0.533. The van der Waals surface area contributed by atoms with Gasteiger partial charge in [0.15, 0.2) is 5.75 Å². The van der Waals surface area contributed by atoms with Crippen LogP contribution in [0.15, 0.2) is 6.07 Å². The average Bonchev–Trinajstić information content (AvgIpc) is 3.28. The van der Waals surface area contributed by atoms with Crippen molar-refractivity contribution in [3.8, 4) is 5.75 Å². The summed E-state index contributed by atoms with van der Waals surface area (Å²) in [7, 11) is 2.92. The first-order chi connectivity index (χ1) is 9.17. The van der Waals surface area contributed by atoms with E-state index in [0.29, 0.717) is 28.2 Å². The minimum atomic E-state index is -0.386. The van der Waals surface area contributed by atoms with E-state index in [0.717, 1.165) is 0 Å². The van der Waals surface area contributed by atoms with Crippen LogP contribution in [-0.4, -0.2) is 20.2 Å². The minimum absolute atomic E-state index is 0.386. The van der Waals surface area contributed by atoms with Gasteiger partial charge in [-0.05, 0) is 54.7 Å². The lowest BCUT2D eigenvalue weighted by Crippen LogP contribution is -2.07. The van der Waals surface area contributed by atoms with Crippen LogP contribution in [0.5, 0.6) is 5.75 Å². The van der Waals surface area contributed by atoms with Crippen LogP contribution in [0.25, 0.3) is 0 Å². The lowest BCUT2D eigenvalue weighted by atomic mass is 9.95. The molecule has 0 unspecified atom stereocenters. The number of ether oxygens (including phenoxy) is 2. The number of hydrogen-bond acceptors (Lipinski definition) is 3. The van der Waals surface area contributed by atoms with Gasteiger partial charge in [0.05, 0.1) is 19.2 Å². The molecule has 2 aliphatic carbocycles. The molecule has 0 spiro atoms. The van der Waals surface area contributed by atoms with Crippen molar-refractivity contribution in [2.75, 3.05) is 14.2 Å². The number of carbonyl (C=O) groups is 1. The van der Waals surface area contributed by atoms with E-state index in [4.69, 9.17) is 21.1 Å². The Morgan fingerprint density at radius 2 is 1.84 bits per heavy atom. The van der Waals surface area contributed by atoms with E-state index in [1.807, 2.05) is 6.07 Å². The molecule has 0 aliphatic heterocycles. The second-order valence-electron chi connectivity index (χ2n) is 5.31. The molecule has 3 rings (SSSR count). The van der Waals surface area contributed by atoms with Gasteiger partial charge in [-0.15, -0.1) is 0 Å². The Morgan fingerprint density at radius 3 is 2.32 bits per heavy atom. The molecule has 19 heavy (non-hydrogen) atoms. The highest BCUT2D eigenvalue weighted by molar-refractivity contribution is 6.33. The number of hydrogen-bond donors (Lipinski definition) is 0. The van der Waals surface area contributed by atoms with E-state index >= 15 is 0 Å². The summed E-state index contributed by atoms with van der Waals surface area (Å²) in [6.07, 6.45) is 4.73. The third kappa shape index (κ3) is 2.20. The molecule has 0 bridgehead atoms. The normalized spacial score (nSPS) is 18.3. The Morgan fingerprint density at radius 1 is 1.21 bits per heavy atom. The van der Waals surface area contributed by atoms with E-state index in [2.05, 4.69) is 0 Å². The van der Waals surface area contributed by atoms with E-state index in [1.165, 1.54) is 43.9 Å². The number of methoxy groups -OCH3 is 2. The summed E-state index contributed by atoms with van der Waals surface area (Å²) in [4.78, 5) is 11.9. The van der Waals surface area contributed by atoms with E-state index < -0.39 is 0 Å². The fourth-order valence-electron chi connectivity index (χ4n) is 2.65. The second-order valence-corrected chi connectivity index (χ2v) is 5.69. The topological polar surface area (TPSA) is 35.5 Å². The predicted octanol–water partition coefficient (Wildman–Crippen LogP) is 3.89. The fourth-order valence-corrected chi connectivity index (χ4v) is 3.09. The van der Waals surface area contributed by atoms with Crippen LogP contribution < -0.4 is 4.74 Å². The maximum absolute atomic E-state index is 11.9. The monoisotopic (exact) mass is 280 g/mol. The number of rotatable bonds is 4. The summed E-state index contributed by atoms with van der Waals surface area (Å²) in [6.45, 7) is 0. The van der Waals surface area contributed by atoms with Gasteiger partial charge in [0.1, 0.15) is 5.56 Å². The second kappa shape index (κ2) is 4.71. The predicted molar refractivity (Wildman–Crippen MR) is 73.3 cm³/mol. The van der Waals surface area contributed by atoms with Gasteiger partial charge >= 0.3 is 5.97 Å². The molecule has 0 saturated heterocycles. The van der Waals surface area contributed by atoms with Crippen molar-refractivity contribution in [2.45, 2.75) is 37.5 Å². The Kier molecular flexibility index (Phi) is 3.17. The van der Waals surface area contributed by atoms with Crippen molar-refractivity contribution in [1.82, 2.24) is 0 Å². The van der Waals surface area contributed by atoms with Crippen LogP contribution in [0, 0.1) is 0 Å². The quantitative estimate of drug-likeness (QED) is 0.785. The van der Waals surface area contributed by atoms with Gasteiger partial charge in [0.25, 0.3) is 0 Å². The molecule has 0 N–H and O–H groups in total. The van der Waals surface area contributed by atoms with Gasteiger partial charge in [0, 0.05) is 0 Å². The van der Waals surface area contributed by atoms with Gasteiger partial charge in [-0.3, -0.25) is 0 Å². The van der Waals surface area contributed by atoms with Gasteiger partial charge in [-0.1, -0.05) is 11.6 Å². The molecule has 2 fully saturated rings. The van der Waals surface area contributed by atoms with Gasteiger partial charge < -0.3 is 9.47 Å². The van der Waals surface area contributed by atoms with Crippen LogP contribution in [0.1, 0.15) is 59.0 Å². The summed E-state index contributed by atoms with van der Waals surface area (Å²) in [5, 5.41) is 0.606. The highest BCUT2D eigenvalue weighted by atomic mass is 35.5. The Bertz CT molecular complexity index is 531. The number of carbonyl (C=O) groups excluding carboxylic acids is 1. The molecule has 3 nitrogen and oxygen atoms in total. The Hall–Kier alpha value is -1.22. The third-order valence-corrected chi connectivity index (χ3v) is 4.28. The third-order valence-electron chi connectivity index (χ3n) is 3.90. The van der Waals surface area contributed by atoms with Crippen LogP contribution in [0.3, 0.4) is 0 Å². The standard InChI is InChI=1S/C15H17ClO3/c1-18-14-11(15(17)19-2)7-10(8-3-4-8)12(13(14)16)9-5-6-9/h7-9H,3-6H2,1-2H3. The van der Waals surface area contributed by atoms with E-state index in [-0.39, 0.29) is 5.97 Å². The molecule has 102 valence electrons. The van der Waals surface area contributed by atoms with Crippen molar-refractivity contribution < 1.29 is 14.3 Å². The number of esters is 1. The SMILES string of the molecule is COC(=O)c1cc(C2CC2)c(C2CC2)c(Cl)c1OC. The molecule has 0 heterocycles. The lowest BCUT2D eigenvalue weighted by molar-refractivity contribution is 0.0597. The van der Waals surface area contributed by atoms with Crippen LogP contribution in [-0.2, 0) is 4.74 Å². The molecule has 1 aromatic rings. The zero-order valence-corrected chi connectivity index (χ0v) is 11.9. The zero-order valence-electron chi connectivity index (χ0n) is 11.2. The molecular formula is C15H17ClO3. The maximum Gasteiger partial charge on any atom is 0.341 e. The largest absolute Gasteiger partial charge is 0.494 e. The first-order valence-electron chi connectivity index (χ1n) is 6.66. The minimum Gasteiger partial charge on any atom is -0.494 e. The van der Waals surface area contributed by atoms with Crippen molar-refractivity contribution in [3.63, 3.8) is 0 Å². The van der Waals surface area contributed by atoms with E-state index in [9.17, 15) is 4.79 Å². The molecule has 4 heteroatoms. The first-order valence-corrected chi connectivity index (χ1v) is 7.03. The lowest BCUT2D eigenvalue weighted by Gasteiger charge is -2.17. The summed E-state index contributed by atoms with van der Waals surface area (Å²) >= 11 is 6.49. The summed E-state index contributed by atoms with van der Waals surface area (Å²) in [5.41, 5.74) is 2.88. The number of halogens is 1. The summed E-state index contributed by atoms with van der Waals surface area (Å²) in [5.74, 6) is 1.17. The van der Waals surface area contributed by atoms with E-state index in [1.54, 1.807) is 7.11 Å². The highest BCUT2D eigenvalue weighted by Crippen LogP contribution is 2.54. The van der Waals surface area contributed by atoms with Crippen LogP contribution in [0.2, 0.25) is 5.02 Å². The molecule has 2 saturated carbocycles. The average molecular weight is 281 g/mol. The molecule has 0 amide bonds. The van der Waals surface area contributed by atoms with Gasteiger partial charge in [0.2, 0.25) is 0 Å². The first kappa shape index (κ1) is 12.8. The van der Waals surface area contributed by atoms with Crippen LogP contribution >= 0.6 is 11.6 Å². The summed E-state index contributed by atoms with van der Waals surface area (Å²) in [6, 6.07) is 1.93. The van der Waals surface area contributed by atoms with Crippen molar-refractivity contribution in [2.24, 2.45) is 0 Å². The number of benzene rings is 1. The molecule has 2 aliphatic rings. The van der Waals surface area contributed by atoms with Crippen molar-refractivity contribution >= 4 is 17.6 Å². The van der Waals surface area contributed by atoms with Crippen molar-refractivity contribution in [3.05, 3.63) is 27.8 Å². The summed E-state index contributed by atoms with van der Waals surface area (Å²) < 4.78 is 10.2. The zero-order chi connectivity index (χ0) is 13.6. The highest BCUT2D eigenvalue weighted by Gasteiger charge is 2.37. The Balaban J connectivity index is 2.17. The molecule has 0 radical (unpaired) electrons. The molecule has 1 aromatic carbocycles. The Labute approximate surface area is 117 Å². The van der Waals surface area contributed by atoms with Crippen LogP contribution in [0.4, 0.5) is 0 Å². The van der Waals surface area contributed by atoms with Crippen molar-refractivity contribution in [1.29, 1.82) is 0 Å². The van der Waals surface area contributed by atoms with Gasteiger partial charge in [-0.25, -0.2) is 4.79 Å².